The molecule has 1 atom stereocenters. The summed E-state index contributed by atoms with van der Waals surface area (Å²) in [6.07, 6.45) is -0.333. The van der Waals surface area contributed by atoms with Crippen molar-refractivity contribution in [1.82, 2.24) is 0 Å². The Morgan fingerprint density at radius 3 is 2.94 bits per heavy atom. The SMILES string of the molecule is Cc1ccc2c(c1)N[C@H](c1ccc([N+](=O)[O-])s1)O2. The molecule has 0 saturated carbocycles. The Hall–Kier alpha value is -2.08. The topological polar surface area (TPSA) is 64.4 Å². The molecular weight excluding hydrogens is 252 g/mol. The Kier molecular flexibility index (Phi) is 2.45. The van der Waals surface area contributed by atoms with Gasteiger partial charge in [0.2, 0.25) is 6.23 Å². The van der Waals surface area contributed by atoms with Gasteiger partial charge in [0.25, 0.3) is 0 Å². The third-order valence-electron chi connectivity index (χ3n) is 2.72. The first-order valence-corrected chi connectivity index (χ1v) is 6.23. The van der Waals surface area contributed by atoms with Crippen LogP contribution in [0.3, 0.4) is 0 Å². The molecule has 92 valence electrons. The second-order valence-corrected chi connectivity index (χ2v) is 5.17. The Morgan fingerprint density at radius 1 is 1.39 bits per heavy atom. The highest BCUT2D eigenvalue weighted by atomic mass is 32.1. The largest absolute Gasteiger partial charge is 0.463 e. The normalized spacial score (nSPS) is 16.8. The molecule has 0 bridgehead atoms. The summed E-state index contributed by atoms with van der Waals surface area (Å²) < 4.78 is 5.72. The minimum atomic E-state index is -0.388. The minimum absolute atomic E-state index is 0.127. The molecule has 1 aromatic carbocycles. The van der Waals surface area contributed by atoms with E-state index in [9.17, 15) is 10.1 Å². The van der Waals surface area contributed by atoms with Gasteiger partial charge < -0.3 is 10.1 Å². The average molecular weight is 262 g/mol. The highest BCUT2D eigenvalue weighted by Crippen LogP contribution is 2.41. The van der Waals surface area contributed by atoms with Crippen LogP contribution < -0.4 is 10.1 Å². The molecule has 3 rings (SSSR count). The lowest BCUT2D eigenvalue weighted by Gasteiger charge is -2.07. The first-order chi connectivity index (χ1) is 8.63. The van der Waals surface area contributed by atoms with E-state index in [2.05, 4.69) is 5.32 Å². The van der Waals surface area contributed by atoms with Gasteiger partial charge in [-0.3, -0.25) is 10.1 Å². The summed E-state index contributed by atoms with van der Waals surface area (Å²) in [7, 11) is 0. The number of fused-ring (bicyclic) bond motifs is 1. The molecular formula is C12H10N2O3S. The third kappa shape index (κ3) is 1.80. The van der Waals surface area contributed by atoms with Crippen LogP contribution in [0.5, 0.6) is 5.75 Å². The van der Waals surface area contributed by atoms with E-state index in [1.807, 2.05) is 25.1 Å². The summed E-state index contributed by atoms with van der Waals surface area (Å²) in [5.41, 5.74) is 2.07. The fourth-order valence-electron chi connectivity index (χ4n) is 1.87. The van der Waals surface area contributed by atoms with Crippen LogP contribution in [0, 0.1) is 17.0 Å². The number of ether oxygens (including phenoxy) is 1. The van der Waals surface area contributed by atoms with Crippen molar-refractivity contribution in [3.8, 4) is 5.75 Å². The van der Waals surface area contributed by atoms with E-state index in [1.165, 1.54) is 6.07 Å². The van der Waals surface area contributed by atoms with Gasteiger partial charge in [0.1, 0.15) is 5.75 Å². The van der Waals surface area contributed by atoms with E-state index in [-0.39, 0.29) is 16.2 Å². The number of nitro groups is 1. The second-order valence-electron chi connectivity index (χ2n) is 4.07. The summed E-state index contributed by atoms with van der Waals surface area (Å²) in [5.74, 6) is 0.779. The number of hydrogen-bond donors (Lipinski definition) is 1. The van der Waals surface area contributed by atoms with Crippen LogP contribution in [0.2, 0.25) is 0 Å². The standard InChI is InChI=1S/C12H10N2O3S/c1-7-2-3-9-8(6-7)13-12(17-9)10-4-5-11(18-10)14(15)16/h2-6,12-13H,1H3/t12-/m0/s1. The summed E-state index contributed by atoms with van der Waals surface area (Å²) in [6, 6.07) is 9.09. The van der Waals surface area contributed by atoms with Crippen molar-refractivity contribution < 1.29 is 9.66 Å². The molecule has 0 unspecified atom stereocenters. The first kappa shape index (κ1) is 11.0. The van der Waals surface area contributed by atoms with Crippen molar-refractivity contribution in [3.63, 3.8) is 0 Å². The van der Waals surface area contributed by atoms with Crippen molar-refractivity contribution in [1.29, 1.82) is 0 Å². The molecule has 2 aromatic rings. The number of benzene rings is 1. The van der Waals surface area contributed by atoms with E-state index in [1.54, 1.807) is 6.07 Å². The van der Waals surface area contributed by atoms with Crippen molar-refractivity contribution in [2.24, 2.45) is 0 Å². The minimum Gasteiger partial charge on any atom is -0.463 e. The molecule has 1 aliphatic heterocycles. The monoisotopic (exact) mass is 262 g/mol. The van der Waals surface area contributed by atoms with Crippen LogP contribution in [-0.2, 0) is 0 Å². The van der Waals surface area contributed by atoms with Crippen LogP contribution in [0.15, 0.2) is 30.3 Å². The molecule has 1 N–H and O–H groups in total. The number of thiophene rings is 1. The molecule has 1 aromatic heterocycles. The molecule has 0 radical (unpaired) electrons. The molecule has 6 heteroatoms. The van der Waals surface area contributed by atoms with Gasteiger partial charge in [0.15, 0.2) is 0 Å². The predicted octanol–water partition coefficient (Wildman–Crippen LogP) is 3.47. The van der Waals surface area contributed by atoms with Crippen molar-refractivity contribution in [2.75, 3.05) is 5.32 Å². The van der Waals surface area contributed by atoms with Crippen molar-refractivity contribution in [3.05, 3.63) is 50.9 Å². The predicted molar refractivity (Wildman–Crippen MR) is 69.1 cm³/mol. The Labute approximate surface area is 107 Å². The number of nitrogens with zero attached hydrogens (tertiary/aromatic N) is 1. The maximum absolute atomic E-state index is 10.6. The lowest BCUT2D eigenvalue weighted by atomic mass is 10.2. The smallest absolute Gasteiger partial charge is 0.324 e. The molecule has 18 heavy (non-hydrogen) atoms. The molecule has 2 heterocycles. The summed E-state index contributed by atoms with van der Waals surface area (Å²) in [6.45, 7) is 2.01. The zero-order chi connectivity index (χ0) is 12.7. The molecule has 0 saturated heterocycles. The van der Waals surface area contributed by atoms with Crippen LogP contribution in [0.1, 0.15) is 16.7 Å². The Balaban J connectivity index is 1.86. The van der Waals surface area contributed by atoms with Crippen LogP contribution in [0.25, 0.3) is 0 Å². The fourth-order valence-corrected chi connectivity index (χ4v) is 2.67. The average Bonchev–Trinajstić information content (AvgIpc) is 2.93. The van der Waals surface area contributed by atoms with Gasteiger partial charge in [-0.15, -0.1) is 0 Å². The molecule has 0 aliphatic carbocycles. The van der Waals surface area contributed by atoms with Gasteiger partial charge in [-0.05, 0) is 30.7 Å². The van der Waals surface area contributed by atoms with Gasteiger partial charge in [-0.25, -0.2) is 0 Å². The number of anilines is 1. The molecule has 1 aliphatic rings. The molecule has 0 spiro atoms. The van der Waals surface area contributed by atoms with Gasteiger partial charge >= 0.3 is 5.00 Å². The first-order valence-electron chi connectivity index (χ1n) is 5.41. The zero-order valence-electron chi connectivity index (χ0n) is 9.54. The fraction of sp³-hybridized carbons (Fsp3) is 0.167. The summed E-state index contributed by atoms with van der Waals surface area (Å²) in [5, 5.41) is 14.0. The lowest BCUT2D eigenvalue weighted by Crippen LogP contribution is -2.07. The van der Waals surface area contributed by atoms with Crippen LogP contribution >= 0.6 is 11.3 Å². The van der Waals surface area contributed by atoms with Gasteiger partial charge in [-0.2, -0.15) is 0 Å². The van der Waals surface area contributed by atoms with Crippen LogP contribution in [0.4, 0.5) is 10.7 Å². The third-order valence-corrected chi connectivity index (χ3v) is 3.80. The van der Waals surface area contributed by atoms with Crippen molar-refractivity contribution >= 4 is 22.0 Å². The van der Waals surface area contributed by atoms with E-state index in [0.717, 1.165) is 33.2 Å². The quantitative estimate of drug-likeness (QED) is 0.664. The lowest BCUT2D eigenvalue weighted by molar-refractivity contribution is -0.380. The van der Waals surface area contributed by atoms with Gasteiger partial charge in [-0.1, -0.05) is 17.4 Å². The summed E-state index contributed by atoms with van der Waals surface area (Å²) >= 11 is 1.13. The highest BCUT2D eigenvalue weighted by Gasteiger charge is 2.26. The van der Waals surface area contributed by atoms with E-state index < -0.39 is 0 Å². The maximum atomic E-state index is 10.6. The molecule has 0 fully saturated rings. The summed E-state index contributed by atoms with van der Waals surface area (Å²) in [4.78, 5) is 11.1. The Bertz CT molecular complexity index is 624. The number of hydrogen-bond acceptors (Lipinski definition) is 5. The number of nitrogens with one attached hydrogen (secondary N) is 1. The van der Waals surface area contributed by atoms with Gasteiger partial charge in [0.05, 0.1) is 15.5 Å². The van der Waals surface area contributed by atoms with Crippen LogP contribution in [-0.4, -0.2) is 4.92 Å². The maximum Gasteiger partial charge on any atom is 0.324 e. The van der Waals surface area contributed by atoms with Gasteiger partial charge in [0, 0.05) is 6.07 Å². The molecule has 0 amide bonds. The van der Waals surface area contributed by atoms with E-state index in [0.29, 0.717) is 0 Å². The van der Waals surface area contributed by atoms with E-state index in [4.69, 9.17) is 4.74 Å². The number of aryl methyl sites for hydroxylation is 1. The Morgan fingerprint density at radius 2 is 2.22 bits per heavy atom. The number of rotatable bonds is 2. The highest BCUT2D eigenvalue weighted by molar-refractivity contribution is 7.15. The zero-order valence-corrected chi connectivity index (χ0v) is 10.4. The van der Waals surface area contributed by atoms with E-state index >= 15 is 0 Å². The second kappa shape index (κ2) is 3.99. The molecule has 5 nitrogen and oxygen atoms in total. The van der Waals surface area contributed by atoms with Crippen molar-refractivity contribution in [2.45, 2.75) is 13.2 Å².